The maximum Gasteiger partial charge on any atom is 0.0998 e. The molecule has 0 heterocycles. The highest BCUT2D eigenvalue weighted by Gasteiger charge is 2.01. The number of hydrogen-bond acceptors (Lipinski definition) is 1. The van der Waals surface area contributed by atoms with Crippen molar-refractivity contribution in [1.82, 2.24) is 0 Å². The van der Waals surface area contributed by atoms with Crippen LogP contribution in [0, 0.1) is 11.3 Å². The third-order valence-corrected chi connectivity index (χ3v) is 2.05. The van der Waals surface area contributed by atoms with Gasteiger partial charge in [0.15, 0.2) is 0 Å². The Morgan fingerprint density at radius 3 is 2.43 bits per heavy atom. The topological polar surface area (TPSA) is 23.8 Å². The number of rotatable bonds is 1. The summed E-state index contributed by atoms with van der Waals surface area (Å²) in [6.45, 7) is 0. The molecule has 0 fully saturated rings. The fourth-order valence-electron chi connectivity index (χ4n) is 1.39. The van der Waals surface area contributed by atoms with E-state index in [2.05, 4.69) is 6.07 Å². The average molecular weight is 180 g/mol. The van der Waals surface area contributed by atoms with Crippen LogP contribution in [0.3, 0.4) is 0 Å². The Morgan fingerprint density at radius 2 is 1.71 bits per heavy atom. The molecule has 0 N–H and O–H groups in total. The second kappa shape index (κ2) is 3.76. The lowest BCUT2D eigenvalue weighted by molar-refractivity contribution is 1.48. The lowest BCUT2D eigenvalue weighted by Gasteiger charge is -2.02. The Bertz CT molecular complexity index is 512. The molecular weight excluding hydrogens is 170 g/mol. The third kappa shape index (κ3) is 1.51. The zero-order chi connectivity index (χ0) is 10.7. The maximum absolute atomic E-state index is 8.99. The minimum absolute atomic E-state index is 0.277. The third-order valence-electron chi connectivity index (χ3n) is 2.05. The highest BCUT2D eigenvalue weighted by molar-refractivity contribution is 5.70. The predicted octanol–water partition coefficient (Wildman–Crippen LogP) is 3.23. The molecule has 0 amide bonds. The Hall–Kier alpha value is -2.07. The van der Waals surface area contributed by atoms with Crippen LogP contribution in [-0.4, -0.2) is 0 Å². The molecule has 1 heteroatoms. The summed E-state index contributed by atoms with van der Waals surface area (Å²) in [6.07, 6.45) is 0. The summed E-state index contributed by atoms with van der Waals surface area (Å²) in [4.78, 5) is 0. The van der Waals surface area contributed by atoms with Gasteiger partial charge in [-0.05, 0) is 17.2 Å². The molecule has 0 bridgehead atoms. The summed E-state index contributed by atoms with van der Waals surface area (Å²) >= 11 is 0. The summed E-state index contributed by atoms with van der Waals surface area (Å²) < 4.78 is 7.64. The number of benzene rings is 2. The second-order valence-electron chi connectivity index (χ2n) is 2.94. The first kappa shape index (κ1) is 7.34. The van der Waals surface area contributed by atoms with Crippen LogP contribution in [0.2, 0.25) is 0 Å². The summed E-state index contributed by atoms with van der Waals surface area (Å²) in [5.74, 6) is 0. The lowest BCUT2D eigenvalue weighted by Crippen LogP contribution is -1.82. The molecule has 14 heavy (non-hydrogen) atoms. The zero-order valence-corrected chi connectivity index (χ0v) is 7.57. The molecule has 0 atom stereocenters. The predicted molar refractivity (Wildman–Crippen MR) is 56.6 cm³/mol. The molecule has 0 saturated carbocycles. The van der Waals surface area contributed by atoms with E-state index in [0.717, 1.165) is 11.1 Å². The van der Waals surface area contributed by atoms with E-state index in [-0.39, 0.29) is 6.04 Å². The smallest absolute Gasteiger partial charge is 0.0998 e. The van der Waals surface area contributed by atoms with Crippen LogP contribution in [-0.2, 0) is 0 Å². The molecular formula is C13H9N. The van der Waals surface area contributed by atoms with Gasteiger partial charge in [0.25, 0.3) is 0 Å². The van der Waals surface area contributed by atoms with E-state index in [0.29, 0.717) is 5.56 Å². The van der Waals surface area contributed by atoms with Gasteiger partial charge in [0, 0.05) is 0 Å². The molecule has 0 aromatic heterocycles. The fourth-order valence-corrected chi connectivity index (χ4v) is 1.39. The summed E-state index contributed by atoms with van der Waals surface area (Å²) in [5, 5.41) is 8.99. The van der Waals surface area contributed by atoms with E-state index in [1.807, 2.05) is 36.4 Å². The molecule has 2 rings (SSSR count). The molecule has 0 aliphatic rings. The van der Waals surface area contributed by atoms with Gasteiger partial charge in [0.2, 0.25) is 0 Å². The van der Waals surface area contributed by atoms with Gasteiger partial charge < -0.3 is 0 Å². The highest BCUT2D eigenvalue weighted by atomic mass is 14.2. The van der Waals surface area contributed by atoms with Crippen LogP contribution in [0.15, 0.2) is 54.6 Å². The summed E-state index contributed by atoms with van der Waals surface area (Å²) in [7, 11) is 0. The SMILES string of the molecule is [2H]c1cccc(-c2ccccc2)c1C#N. The number of nitrogens with zero attached hydrogens (tertiary/aromatic N) is 1. The monoisotopic (exact) mass is 180 g/mol. The first-order valence-electron chi connectivity index (χ1n) is 4.88. The van der Waals surface area contributed by atoms with Crippen molar-refractivity contribution in [2.75, 3.05) is 0 Å². The van der Waals surface area contributed by atoms with E-state index < -0.39 is 0 Å². The first-order valence-corrected chi connectivity index (χ1v) is 4.38. The molecule has 0 aliphatic carbocycles. The van der Waals surface area contributed by atoms with Crippen molar-refractivity contribution in [3.8, 4) is 17.2 Å². The van der Waals surface area contributed by atoms with Gasteiger partial charge >= 0.3 is 0 Å². The maximum atomic E-state index is 8.99. The van der Waals surface area contributed by atoms with Gasteiger partial charge in [-0.25, -0.2) is 0 Å². The Balaban J connectivity index is 2.65. The van der Waals surface area contributed by atoms with Gasteiger partial charge in [-0.3, -0.25) is 0 Å². The van der Waals surface area contributed by atoms with E-state index in [9.17, 15) is 0 Å². The standard InChI is InChI=1S/C13H9N/c14-10-12-8-4-5-9-13(12)11-6-2-1-3-7-11/h1-9H/i8D. The van der Waals surface area contributed by atoms with Crippen molar-refractivity contribution in [1.29, 1.82) is 5.26 Å². The van der Waals surface area contributed by atoms with Crippen molar-refractivity contribution < 1.29 is 1.37 Å². The summed E-state index contributed by atoms with van der Waals surface area (Å²) in [6, 6.07) is 17.3. The Kier molecular flexibility index (Phi) is 1.97. The quantitative estimate of drug-likeness (QED) is 0.661. The number of hydrogen-bond donors (Lipinski definition) is 0. The van der Waals surface area contributed by atoms with Crippen LogP contribution in [0.25, 0.3) is 11.1 Å². The van der Waals surface area contributed by atoms with Crippen LogP contribution < -0.4 is 0 Å². The van der Waals surface area contributed by atoms with Gasteiger partial charge in [-0.1, -0.05) is 48.5 Å². The minimum atomic E-state index is 0.277. The van der Waals surface area contributed by atoms with Crippen LogP contribution >= 0.6 is 0 Å². The second-order valence-corrected chi connectivity index (χ2v) is 2.94. The molecule has 0 spiro atoms. The normalized spacial score (nSPS) is 10.4. The van der Waals surface area contributed by atoms with E-state index in [4.69, 9.17) is 6.63 Å². The molecule has 66 valence electrons. The fraction of sp³-hybridized carbons (Fsp3) is 0. The van der Waals surface area contributed by atoms with Crippen molar-refractivity contribution >= 4 is 0 Å². The largest absolute Gasteiger partial charge is 0.192 e. The summed E-state index contributed by atoms with van der Waals surface area (Å²) in [5.41, 5.74) is 2.23. The zero-order valence-electron chi connectivity index (χ0n) is 8.57. The minimum Gasteiger partial charge on any atom is -0.192 e. The first-order chi connectivity index (χ1) is 7.33. The van der Waals surface area contributed by atoms with Crippen LogP contribution in [0.4, 0.5) is 0 Å². The van der Waals surface area contributed by atoms with E-state index >= 15 is 0 Å². The van der Waals surface area contributed by atoms with Crippen molar-refractivity contribution in [2.45, 2.75) is 0 Å². The van der Waals surface area contributed by atoms with Crippen LogP contribution in [0.1, 0.15) is 6.93 Å². The van der Waals surface area contributed by atoms with E-state index in [1.165, 1.54) is 0 Å². The van der Waals surface area contributed by atoms with Gasteiger partial charge in [-0.15, -0.1) is 0 Å². The molecule has 2 aromatic carbocycles. The van der Waals surface area contributed by atoms with Crippen molar-refractivity contribution in [2.24, 2.45) is 0 Å². The molecule has 1 nitrogen and oxygen atoms in total. The van der Waals surface area contributed by atoms with Crippen molar-refractivity contribution in [3.63, 3.8) is 0 Å². The van der Waals surface area contributed by atoms with Gasteiger partial charge in [0.05, 0.1) is 13.0 Å². The average Bonchev–Trinajstić information content (AvgIpc) is 2.30. The Labute approximate surface area is 84.7 Å². The molecule has 2 aromatic rings. The highest BCUT2D eigenvalue weighted by Crippen LogP contribution is 2.22. The molecule has 0 radical (unpaired) electrons. The Morgan fingerprint density at radius 1 is 1.00 bits per heavy atom. The molecule has 0 aliphatic heterocycles. The van der Waals surface area contributed by atoms with Gasteiger partial charge in [-0.2, -0.15) is 5.26 Å². The van der Waals surface area contributed by atoms with Gasteiger partial charge in [0.1, 0.15) is 0 Å². The van der Waals surface area contributed by atoms with Crippen LogP contribution in [0.5, 0.6) is 0 Å². The molecule has 0 unspecified atom stereocenters. The van der Waals surface area contributed by atoms with Crippen molar-refractivity contribution in [3.05, 3.63) is 60.1 Å². The van der Waals surface area contributed by atoms with E-state index in [1.54, 1.807) is 12.1 Å². The number of nitriles is 1. The molecule has 0 saturated heterocycles. The lowest BCUT2D eigenvalue weighted by atomic mass is 10.0.